The highest BCUT2D eigenvalue weighted by Gasteiger charge is 2.17. The molecule has 2 aromatic rings. The lowest BCUT2D eigenvalue weighted by Crippen LogP contribution is -2.24. The molecule has 0 atom stereocenters. The number of carbonyl (C=O) groups is 1. The second-order valence-electron chi connectivity index (χ2n) is 4.24. The van der Waals surface area contributed by atoms with E-state index in [4.69, 9.17) is 26.2 Å². The van der Waals surface area contributed by atoms with Crippen LogP contribution in [-0.4, -0.2) is 41.2 Å². The van der Waals surface area contributed by atoms with E-state index < -0.39 is 17.1 Å². The summed E-state index contributed by atoms with van der Waals surface area (Å²) in [6, 6.07) is 6.54. The van der Waals surface area contributed by atoms with Crippen molar-refractivity contribution in [3.63, 3.8) is 0 Å². The van der Waals surface area contributed by atoms with Crippen LogP contribution in [0.1, 0.15) is 10.5 Å². The van der Waals surface area contributed by atoms with Gasteiger partial charge in [-0.3, -0.25) is 4.79 Å². The van der Waals surface area contributed by atoms with Crippen molar-refractivity contribution in [2.45, 2.75) is 0 Å². The molecular formula is C14H13ClN2O5. The van der Waals surface area contributed by atoms with Gasteiger partial charge in [-0.15, -0.1) is 0 Å². The van der Waals surface area contributed by atoms with Crippen LogP contribution in [0.4, 0.5) is 0 Å². The largest absolute Gasteiger partial charge is 0.485 e. The van der Waals surface area contributed by atoms with Gasteiger partial charge >= 0.3 is 5.97 Å². The highest BCUT2D eigenvalue weighted by atomic mass is 35.5. The van der Waals surface area contributed by atoms with Crippen LogP contribution in [0.5, 0.6) is 5.75 Å². The van der Waals surface area contributed by atoms with Crippen molar-refractivity contribution in [1.29, 1.82) is 0 Å². The van der Waals surface area contributed by atoms with Crippen molar-refractivity contribution in [1.82, 2.24) is 9.78 Å². The smallest absolute Gasteiger partial charge is 0.360 e. The number of ether oxygens (including phenoxy) is 2. The maximum Gasteiger partial charge on any atom is 0.360 e. The number of hydrogen-bond donors (Lipinski definition) is 1. The molecule has 116 valence electrons. The molecule has 1 aromatic heterocycles. The summed E-state index contributed by atoms with van der Waals surface area (Å²) in [6.45, 7) is 0.389. The molecule has 0 saturated carbocycles. The third kappa shape index (κ3) is 3.63. The fourth-order valence-corrected chi connectivity index (χ4v) is 1.80. The molecule has 0 radical (unpaired) electrons. The van der Waals surface area contributed by atoms with E-state index in [1.165, 1.54) is 18.0 Å². The Morgan fingerprint density at radius 3 is 2.59 bits per heavy atom. The number of aromatic nitrogens is 2. The van der Waals surface area contributed by atoms with Crippen LogP contribution in [0.3, 0.4) is 0 Å². The van der Waals surface area contributed by atoms with Gasteiger partial charge in [0.2, 0.25) is 5.69 Å². The van der Waals surface area contributed by atoms with Gasteiger partial charge in [-0.2, -0.15) is 5.10 Å². The summed E-state index contributed by atoms with van der Waals surface area (Å²) in [6.07, 6.45) is 1.33. The number of carboxylic acids is 1. The van der Waals surface area contributed by atoms with Gasteiger partial charge in [0.25, 0.3) is 5.43 Å². The number of hydrogen-bond acceptors (Lipinski definition) is 5. The number of benzene rings is 1. The fraction of sp³-hybridized carbons (Fsp3) is 0.214. The number of methoxy groups -OCH3 is 1. The zero-order chi connectivity index (χ0) is 16.1. The van der Waals surface area contributed by atoms with Gasteiger partial charge in [0.15, 0.2) is 5.75 Å². The molecule has 0 fully saturated rings. The second kappa shape index (κ2) is 7.06. The van der Waals surface area contributed by atoms with Crippen molar-refractivity contribution < 1.29 is 19.4 Å². The first-order valence-corrected chi connectivity index (χ1v) is 6.65. The minimum Gasteiger partial charge on any atom is -0.485 e. The Balaban J connectivity index is 2.47. The summed E-state index contributed by atoms with van der Waals surface area (Å²) < 4.78 is 11.3. The predicted octanol–water partition coefficient (Wildman–Crippen LogP) is 1.61. The average molecular weight is 325 g/mol. The van der Waals surface area contributed by atoms with Crippen LogP contribution in [0, 0.1) is 0 Å². The van der Waals surface area contributed by atoms with Gasteiger partial charge in [0.1, 0.15) is 6.61 Å². The Morgan fingerprint density at radius 2 is 2.00 bits per heavy atom. The number of aromatic carboxylic acids is 1. The molecule has 0 amide bonds. The van der Waals surface area contributed by atoms with E-state index in [1.807, 2.05) is 0 Å². The zero-order valence-electron chi connectivity index (χ0n) is 11.7. The van der Waals surface area contributed by atoms with Crippen LogP contribution in [-0.2, 0) is 4.74 Å². The molecular weight excluding hydrogens is 312 g/mol. The topological polar surface area (TPSA) is 90.7 Å². The normalized spacial score (nSPS) is 10.5. The predicted molar refractivity (Wildman–Crippen MR) is 79.2 cm³/mol. The van der Waals surface area contributed by atoms with Gasteiger partial charge in [-0.05, 0) is 24.3 Å². The van der Waals surface area contributed by atoms with Crippen LogP contribution < -0.4 is 10.2 Å². The molecule has 8 heteroatoms. The number of carboxylic acid groups (broad SMARTS) is 1. The SMILES string of the molecule is COCCOc1cn(-c2ccc(Cl)cc2)nc(C(=O)O)c1=O. The van der Waals surface area contributed by atoms with E-state index in [0.29, 0.717) is 10.7 Å². The highest BCUT2D eigenvalue weighted by molar-refractivity contribution is 6.30. The van der Waals surface area contributed by atoms with E-state index in [-0.39, 0.29) is 19.0 Å². The van der Waals surface area contributed by atoms with Crippen molar-refractivity contribution in [2.24, 2.45) is 0 Å². The van der Waals surface area contributed by atoms with Gasteiger partial charge in [-0.25, -0.2) is 9.48 Å². The molecule has 0 unspecified atom stereocenters. The lowest BCUT2D eigenvalue weighted by atomic mass is 10.3. The first-order valence-electron chi connectivity index (χ1n) is 6.28. The van der Waals surface area contributed by atoms with Gasteiger partial charge in [0, 0.05) is 12.1 Å². The summed E-state index contributed by atoms with van der Waals surface area (Å²) in [5.74, 6) is -1.54. The monoisotopic (exact) mass is 324 g/mol. The maximum absolute atomic E-state index is 12.0. The molecule has 0 aliphatic carbocycles. The van der Waals surface area contributed by atoms with Gasteiger partial charge in [0.05, 0.1) is 18.5 Å². The van der Waals surface area contributed by atoms with Crippen LogP contribution in [0.25, 0.3) is 5.69 Å². The summed E-state index contributed by atoms with van der Waals surface area (Å²) in [4.78, 5) is 23.2. The van der Waals surface area contributed by atoms with Crippen LogP contribution in [0.2, 0.25) is 5.02 Å². The Labute approximate surface area is 130 Å². The lowest BCUT2D eigenvalue weighted by Gasteiger charge is -2.10. The van der Waals surface area contributed by atoms with E-state index in [0.717, 1.165) is 0 Å². The fourth-order valence-electron chi connectivity index (χ4n) is 1.67. The molecule has 0 aliphatic heterocycles. The van der Waals surface area contributed by atoms with E-state index >= 15 is 0 Å². The maximum atomic E-state index is 12.0. The highest BCUT2D eigenvalue weighted by Crippen LogP contribution is 2.14. The standard InChI is InChI=1S/C14H13ClN2O5/c1-21-6-7-22-11-8-17(10-4-2-9(15)3-5-10)16-12(13(11)18)14(19)20/h2-5,8H,6-7H2,1H3,(H,19,20). The molecule has 7 nitrogen and oxygen atoms in total. The molecule has 2 rings (SSSR count). The average Bonchev–Trinajstić information content (AvgIpc) is 2.49. The van der Waals surface area contributed by atoms with Crippen LogP contribution in [0.15, 0.2) is 35.3 Å². The third-order valence-corrected chi connectivity index (χ3v) is 2.98. The first-order chi connectivity index (χ1) is 10.5. The van der Waals surface area contributed by atoms with Crippen molar-refractivity contribution >= 4 is 17.6 Å². The summed E-state index contributed by atoms with van der Waals surface area (Å²) in [7, 11) is 1.49. The Bertz CT molecular complexity index is 727. The molecule has 1 N–H and O–H groups in total. The molecule has 0 saturated heterocycles. The Kier molecular flexibility index (Phi) is 5.13. The number of rotatable bonds is 6. The summed E-state index contributed by atoms with van der Waals surface area (Å²) in [5.41, 5.74) is -0.859. The molecule has 22 heavy (non-hydrogen) atoms. The quantitative estimate of drug-likeness (QED) is 0.812. The summed E-state index contributed by atoms with van der Waals surface area (Å²) in [5, 5.41) is 13.4. The van der Waals surface area contributed by atoms with E-state index in [1.54, 1.807) is 24.3 Å². The first kappa shape index (κ1) is 16.0. The third-order valence-electron chi connectivity index (χ3n) is 2.72. The lowest BCUT2D eigenvalue weighted by molar-refractivity contribution is 0.0685. The molecule has 1 heterocycles. The summed E-state index contributed by atoms with van der Waals surface area (Å²) >= 11 is 5.81. The molecule has 0 aliphatic rings. The van der Waals surface area contributed by atoms with E-state index in [2.05, 4.69) is 5.10 Å². The zero-order valence-corrected chi connectivity index (χ0v) is 12.4. The second-order valence-corrected chi connectivity index (χ2v) is 4.67. The van der Waals surface area contributed by atoms with Gasteiger partial charge in [-0.1, -0.05) is 11.6 Å². The Hall–Kier alpha value is -2.38. The van der Waals surface area contributed by atoms with Crippen LogP contribution >= 0.6 is 11.6 Å². The minimum absolute atomic E-state index is 0.112. The van der Waals surface area contributed by atoms with E-state index in [9.17, 15) is 9.59 Å². The minimum atomic E-state index is -1.43. The number of halogens is 1. The van der Waals surface area contributed by atoms with Crippen molar-refractivity contribution in [3.05, 3.63) is 51.4 Å². The molecule has 1 aromatic carbocycles. The van der Waals surface area contributed by atoms with Gasteiger partial charge < -0.3 is 14.6 Å². The van der Waals surface area contributed by atoms with Crippen molar-refractivity contribution in [2.75, 3.05) is 20.3 Å². The molecule has 0 bridgehead atoms. The van der Waals surface area contributed by atoms with Crippen molar-refractivity contribution in [3.8, 4) is 11.4 Å². The molecule has 0 spiro atoms. The Morgan fingerprint density at radius 1 is 1.32 bits per heavy atom. The number of nitrogens with zero attached hydrogens (tertiary/aromatic N) is 2.